The summed E-state index contributed by atoms with van der Waals surface area (Å²) in [6.45, 7) is 5.29. The van der Waals surface area contributed by atoms with Gasteiger partial charge >= 0.3 is 0 Å². The van der Waals surface area contributed by atoms with Gasteiger partial charge in [-0.1, -0.05) is 63.5 Å². The summed E-state index contributed by atoms with van der Waals surface area (Å²) in [4.78, 5) is 77.3. The van der Waals surface area contributed by atoms with Crippen LogP contribution in [0.1, 0.15) is 121 Å². The molecule has 1 unspecified atom stereocenters. The number of nitrogens with one attached hydrogen (secondary N) is 2. The van der Waals surface area contributed by atoms with Gasteiger partial charge in [-0.15, -0.1) is 0 Å². The zero-order chi connectivity index (χ0) is 40.5. The zero-order valence-electron chi connectivity index (χ0n) is 33.5. The maximum atomic E-state index is 13.2. The Morgan fingerprint density at radius 1 is 0.862 bits per heavy atom. The predicted molar refractivity (Wildman–Crippen MR) is 217 cm³/mol. The van der Waals surface area contributed by atoms with Crippen LogP contribution < -0.4 is 25.0 Å². The Hall–Kier alpha value is -5.37. The molecule has 14 nitrogen and oxygen atoms in total. The van der Waals surface area contributed by atoms with Gasteiger partial charge in [0.25, 0.3) is 17.7 Å². The Balaban J connectivity index is 0.728. The average Bonchev–Trinajstić information content (AvgIpc) is 3.45. The molecule has 58 heavy (non-hydrogen) atoms. The van der Waals surface area contributed by atoms with E-state index < -0.39 is 29.7 Å². The zero-order valence-corrected chi connectivity index (χ0v) is 33.5. The number of rotatable bonds is 19. The first-order valence-electron chi connectivity index (χ1n) is 21.0. The van der Waals surface area contributed by atoms with E-state index in [1.54, 1.807) is 36.8 Å². The first-order chi connectivity index (χ1) is 28.2. The Morgan fingerprint density at radius 2 is 1.55 bits per heavy atom. The van der Waals surface area contributed by atoms with Gasteiger partial charge in [0.2, 0.25) is 11.8 Å². The number of fused-ring (bicyclic) bond motifs is 1. The van der Waals surface area contributed by atoms with Crippen LogP contribution in [0, 0.1) is 5.41 Å². The molecule has 308 valence electrons. The number of carbonyl (C=O) groups is 5. The third-order valence-corrected chi connectivity index (χ3v) is 11.9. The number of aromatic nitrogens is 2. The van der Waals surface area contributed by atoms with Crippen molar-refractivity contribution in [3.05, 3.63) is 71.7 Å². The summed E-state index contributed by atoms with van der Waals surface area (Å²) in [5.41, 5.74) is 1.31. The highest BCUT2D eigenvalue weighted by Gasteiger charge is 2.46. The van der Waals surface area contributed by atoms with Crippen LogP contribution in [-0.4, -0.2) is 102 Å². The predicted octanol–water partition coefficient (Wildman–Crippen LogP) is 5.91. The van der Waals surface area contributed by atoms with Gasteiger partial charge in [-0.25, -0.2) is 9.97 Å². The van der Waals surface area contributed by atoms with E-state index in [4.69, 9.17) is 9.47 Å². The monoisotopic (exact) mass is 793 g/mol. The molecule has 4 aliphatic heterocycles. The van der Waals surface area contributed by atoms with Crippen molar-refractivity contribution < 1.29 is 33.4 Å². The van der Waals surface area contributed by atoms with Gasteiger partial charge in [-0.2, -0.15) is 0 Å². The standard InChI is InChI=1S/C44H55N7O7/c1-49-23-20-44(21-24-49)28-50(29-44)39-37(27-45-30-47-39)58-36-15-11-10-14-33(36)40(53)46-22-12-8-6-4-2-3-5-7-9-13-25-57-31-16-17-32-34(26-31)43(56)51(42(32)55)35-18-19-38(52)48-41(35)54/h10-11,14-17,26-27,30,35H,2-9,12-13,18-25,28-29H2,1H3,(H,46,53)(H,48,52,54). The highest BCUT2D eigenvalue weighted by Crippen LogP contribution is 2.44. The van der Waals surface area contributed by atoms with E-state index in [0.717, 1.165) is 81.8 Å². The van der Waals surface area contributed by atoms with Crippen molar-refractivity contribution >= 4 is 35.4 Å². The van der Waals surface area contributed by atoms with E-state index in [2.05, 4.69) is 37.4 Å². The van der Waals surface area contributed by atoms with Gasteiger partial charge in [0, 0.05) is 31.5 Å². The number of likely N-dealkylation sites (tertiary alicyclic amines) is 1. The highest BCUT2D eigenvalue weighted by molar-refractivity contribution is 6.23. The molecule has 0 bridgehead atoms. The number of piperidine rings is 2. The summed E-state index contributed by atoms with van der Waals surface area (Å²) < 4.78 is 12.2. The fourth-order valence-corrected chi connectivity index (χ4v) is 8.47. The Kier molecular flexibility index (Phi) is 13.3. The first kappa shape index (κ1) is 40.8. The van der Waals surface area contributed by atoms with Crippen LogP contribution in [0.3, 0.4) is 0 Å². The van der Waals surface area contributed by atoms with Gasteiger partial charge in [-0.3, -0.25) is 34.2 Å². The topological polar surface area (TPSA) is 163 Å². The average molecular weight is 794 g/mol. The molecule has 0 aliphatic carbocycles. The second-order valence-electron chi connectivity index (χ2n) is 16.3. The third-order valence-electron chi connectivity index (χ3n) is 11.9. The smallest absolute Gasteiger partial charge is 0.262 e. The second-order valence-corrected chi connectivity index (χ2v) is 16.3. The molecule has 2 aromatic carbocycles. The number of carbonyl (C=O) groups excluding carboxylic acids is 5. The lowest BCUT2D eigenvalue weighted by molar-refractivity contribution is -0.136. The molecule has 7 rings (SSSR count). The van der Waals surface area contributed by atoms with Crippen LogP contribution in [-0.2, 0) is 9.59 Å². The Labute approximate surface area is 340 Å². The lowest BCUT2D eigenvalue weighted by Crippen LogP contribution is -2.60. The molecule has 0 radical (unpaired) electrons. The van der Waals surface area contributed by atoms with E-state index >= 15 is 0 Å². The highest BCUT2D eigenvalue weighted by atomic mass is 16.5. The van der Waals surface area contributed by atoms with Gasteiger partial charge in [-0.05, 0) is 82.6 Å². The van der Waals surface area contributed by atoms with Crippen molar-refractivity contribution in [3.8, 4) is 17.2 Å². The van der Waals surface area contributed by atoms with Crippen LogP contribution in [0.4, 0.5) is 5.82 Å². The van der Waals surface area contributed by atoms with E-state index in [1.165, 1.54) is 32.1 Å². The van der Waals surface area contributed by atoms with Crippen molar-refractivity contribution in [1.29, 1.82) is 0 Å². The molecule has 4 aliphatic rings. The fraction of sp³-hybridized carbons (Fsp3) is 0.523. The molecular weight excluding hydrogens is 739 g/mol. The molecule has 3 fully saturated rings. The van der Waals surface area contributed by atoms with Crippen molar-refractivity contribution in [2.75, 3.05) is 51.3 Å². The number of imide groups is 2. The van der Waals surface area contributed by atoms with E-state index in [1.807, 2.05) is 18.2 Å². The molecule has 14 heteroatoms. The van der Waals surface area contributed by atoms with Crippen LogP contribution in [0.15, 0.2) is 55.0 Å². The minimum absolute atomic E-state index is 0.0845. The van der Waals surface area contributed by atoms with Gasteiger partial charge in [0.15, 0.2) is 11.6 Å². The fourth-order valence-electron chi connectivity index (χ4n) is 8.47. The number of amides is 5. The summed E-state index contributed by atoms with van der Waals surface area (Å²) in [7, 11) is 2.18. The molecule has 5 amide bonds. The van der Waals surface area contributed by atoms with Gasteiger partial charge in [0.1, 0.15) is 23.9 Å². The number of unbranched alkanes of at least 4 members (excludes halogenated alkanes) is 9. The molecule has 2 N–H and O–H groups in total. The van der Waals surface area contributed by atoms with Gasteiger partial charge < -0.3 is 24.6 Å². The minimum atomic E-state index is -0.982. The SMILES string of the molecule is CN1CCC2(CC1)CN(c1ncncc1Oc1ccccc1C(=O)NCCCCCCCCCCCCOc1ccc3c(c1)C(=O)N(C1CCC(=O)NC1=O)C3=O)C2. The first-order valence-corrected chi connectivity index (χ1v) is 21.0. The quantitative estimate of drug-likeness (QED) is 0.110. The maximum Gasteiger partial charge on any atom is 0.262 e. The molecule has 0 saturated carbocycles. The Bertz CT molecular complexity index is 1970. The van der Waals surface area contributed by atoms with Crippen molar-refractivity contribution in [2.24, 2.45) is 5.41 Å². The van der Waals surface area contributed by atoms with Crippen molar-refractivity contribution in [3.63, 3.8) is 0 Å². The molecule has 5 heterocycles. The molecule has 1 aromatic heterocycles. The molecule has 1 spiro atoms. The van der Waals surface area contributed by atoms with Crippen molar-refractivity contribution in [2.45, 2.75) is 95.9 Å². The molecule has 3 saturated heterocycles. The molecule has 3 aromatic rings. The summed E-state index contributed by atoms with van der Waals surface area (Å²) in [6, 6.07) is 11.2. The van der Waals surface area contributed by atoms with Crippen LogP contribution in [0.5, 0.6) is 17.2 Å². The number of anilines is 1. The van der Waals surface area contributed by atoms with E-state index in [0.29, 0.717) is 41.4 Å². The number of benzene rings is 2. The molecule has 1 atom stereocenters. The van der Waals surface area contributed by atoms with E-state index in [-0.39, 0.29) is 29.9 Å². The normalized spacial score (nSPS) is 18.9. The minimum Gasteiger partial charge on any atom is -0.494 e. The summed E-state index contributed by atoms with van der Waals surface area (Å²) in [6.07, 6.45) is 16.7. The van der Waals surface area contributed by atoms with E-state index in [9.17, 15) is 24.0 Å². The largest absolute Gasteiger partial charge is 0.494 e. The summed E-state index contributed by atoms with van der Waals surface area (Å²) in [5, 5.41) is 5.29. The lowest BCUT2D eigenvalue weighted by atomic mass is 9.72. The number of nitrogens with zero attached hydrogens (tertiary/aromatic N) is 5. The van der Waals surface area contributed by atoms with Gasteiger partial charge in [0.05, 0.1) is 29.5 Å². The maximum absolute atomic E-state index is 13.2. The summed E-state index contributed by atoms with van der Waals surface area (Å²) >= 11 is 0. The number of ether oxygens (including phenoxy) is 2. The summed E-state index contributed by atoms with van der Waals surface area (Å²) in [5.74, 6) is 0.119. The Morgan fingerprint density at radius 3 is 2.29 bits per heavy atom. The molecular formula is C44H55N7O7. The van der Waals surface area contributed by atoms with Crippen LogP contribution >= 0.6 is 0 Å². The second kappa shape index (κ2) is 18.9. The number of hydrogen-bond donors (Lipinski definition) is 2. The van der Waals surface area contributed by atoms with Crippen molar-refractivity contribution in [1.82, 2.24) is 30.4 Å². The number of para-hydroxylation sites is 1. The van der Waals surface area contributed by atoms with Crippen LogP contribution in [0.2, 0.25) is 0 Å². The van der Waals surface area contributed by atoms with Crippen LogP contribution in [0.25, 0.3) is 0 Å². The third kappa shape index (κ3) is 9.66. The number of hydrogen-bond acceptors (Lipinski definition) is 11. The lowest BCUT2D eigenvalue weighted by Gasteiger charge is -2.54.